The van der Waals surface area contributed by atoms with Crippen LogP contribution in [0.3, 0.4) is 0 Å². The van der Waals surface area contributed by atoms with Crippen LogP contribution in [-0.4, -0.2) is 47.8 Å². The summed E-state index contributed by atoms with van der Waals surface area (Å²) in [5, 5.41) is 0.916. The molecule has 154 valence electrons. The van der Waals surface area contributed by atoms with Crippen LogP contribution >= 0.6 is 11.6 Å². The van der Waals surface area contributed by atoms with Crippen LogP contribution in [0.15, 0.2) is 24.3 Å². The van der Waals surface area contributed by atoms with E-state index in [1.165, 1.54) is 68.6 Å². The minimum atomic E-state index is 0.0170. The number of hydrogen-bond acceptors (Lipinski definition) is 3. The van der Waals surface area contributed by atoms with Crippen LogP contribution in [-0.2, 0) is 9.59 Å². The van der Waals surface area contributed by atoms with E-state index in [1.54, 1.807) is 0 Å². The van der Waals surface area contributed by atoms with Gasteiger partial charge >= 0.3 is 0 Å². The zero-order chi connectivity index (χ0) is 19.8. The SMILES string of the molecule is O=C1CCC(=O)N1CCCCCCCCN1CCC(c2ccccc2Cl)CC1. The molecule has 2 aliphatic heterocycles. The van der Waals surface area contributed by atoms with E-state index in [1.807, 2.05) is 12.1 Å². The fourth-order valence-corrected chi connectivity index (χ4v) is 4.75. The summed E-state index contributed by atoms with van der Waals surface area (Å²) in [7, 11) is 0. The van der Waals surface area contributed by atoms with Crippen molar-refractivity contribution in [2.75, 3.05) is 26.2 Å². The number of piperidine rings is 1. The lowest BCUT2D eigenvalue weighted by Gasteiger charge is -2.32. The number of rotatable bonds is 10. The lowest BCUT2D eigenvalue weighted by molar-refractivity contribution is -0.138. The maximum absolute atomic E-state index is 11.6. The standard InChI is InChI=1S/C23H33ClN2O2/c24-21-10-6-5-9-20(21)19-13-17-25(18-14-19)15-7-3-1-2-4-8-16-26-22(27)11-12-23(26)28/h5-6,9-10,19H,1-4,7-8,11-18H2. The summed E-state index contributed by atoms with van der Waals surface area (Å²) in [5.41, 5.74) is 1.32. The predicted octanol–water partition coefficient (Wildman–Crippen LogP) is 5.01. The first-order valence-electron chi connectivity index (χ1n) is 10.9. The molecule has 4 nitrogen and oxygen atoms in total. The Morgan fingerprint density at radius 3 is 2.04 bits per heavy atom. The van der Waals surface area contributed by atoms with Gasteiger partial charge in [0.25, 0.3) is 0 Å². The summed E-state index contributed by atoms with van der Waals surface area (Å²) in [6.07, 6.45) is 10.3. The minimum Gasteiger partial charge on any atom is -0.303 e. The first-order valence-corrected chi connectivity index (χ1v) is 11.3. The highest BCUT2D eigenvalue weighted by Crippen LogP contribution is 2.32. The van der Waals surface area contributed by atoms with Crippen molar-refractivity contribution in [3.8, 4) is 0 Å². The molecule has 0 aromatic heterocycles. The normalized spacial score (nSPS) is 19.0. The van der Waals surface area contributed by atoms with Gasteiger partial charge in [0.1, 0.15) is 0 Å². The van der Waals surface area contributed by atoms with E-state index in [2.05, 4.69) is 17.0 Å². The Balaban J connectivity index is 1.20. The van der Waals surface area contributed by atoms with Crippen LogP contribution in [0.25, 0.3) is 0 Å². The maximum atomic E-state index is 11.6. The Morgan fingerprint density at radius 2 is 1.39 bits per heavy atom. The summed E-state index contributed by atoms with van der Waals surface area (Å²) in [5.74, 6) is 0.644. The second-order valence-corrected chi connectivity index (χ2v) is 8.61. The quantitative estimate of drug-likeness (QED) is 0.406. The molecule has 0 spiro atoms. The molecule has 2 fully saturated rings. The van der Waals surface area contributed by atoms with Crippen molar-refractivity contribution in [3.05, 3.63) is 34.9 Å². The molecule has 28 heavy (non-hydrogen) atoms. The summed E-state index contributed by atoms with van der Waals surface area (Å²) < 4.78 is 0. The molecular weight excluding hydrogens is 372 g/mol. The lowest BCUT2D eigenvalue weighted by Crippen LogP contribution is -2.33. The number of imide groups is 1. The van der Waals surface area contributed by atoms with Crippen LogP contribution in [0.1, 0.15) is 75.7 Å². The largest absolute Gasteiger partial charge is 0.303 e. The van der Waals surface area contributed by atoms with E-state index >= 15 is 0 Å². The molecule has 0 atom stereocenters. The van der Waals surface area contributed by atoms with Crippen molar-refractivity contribution < 1.29 is 9.59 Å². The average molecular weight is 405 g/mol. The van der Waals surface area contributed by atoms with Gasteiger partial charge in [-0.1, -0.05) is 55.5 Å². The van der Waals surface area contributed by atoms with Gasteiger partial charge in [-0.25, -0.2) is 0 Å². The highest BCUT2D eigenvalue weighted by Gasteiger charge is 2.27. The molecule has 2 saturated heterocycles. The molecule has 0 bridgehead atoms. The van der Waals surface area contributed by atoms with Gasteiger partial charge in [0.05, 0.1) is 0 Å². The number of halogens is 1. The van der Waals surface area contributed by atoms with Gasteiger partial charge in [-0.15, -0.1) is 0 Å². The zero-order valence-corrected chi connectivity index (χ0v) is 17.6. The van der Waals surface area contributed by atoms with E-state index in [9.17, 15) is 9.59 Å². The second-order valence-electron chi connectivity index (χ2n) is 8.20. The molecule has 2 aliphatic rings. The predicted molar refractivity (Wildman–Crippen MR) is 114 cm³/mol. The van der Waals surface area contributed by atoms with Gasteiger partial charge in [-0.2, -0.15) is 0 Å². The first kappa shape index (κ1) is 21.3. The van der Waals surface area contributed by atoms with E-state index < -0.39 is 0 Å². The van der Waals surface area contributed by atoms with E-state index in [0.717, 1.165) is 17.9 Å². The third-order valence-corrected chi connectivity index (χ3v) is 6.54. The zero-order valence-electron chi connectivity index (χ0n) is 16.9. The van der Waals surface area contributed by atoms with Gasteiger partial charge in [0, 0.05) is 24.4 Å². The number of hydrogen-bond donors (Lipinski definition) is 0. The van der Waals surface area contributed by atoms with E-state index in [4.69, 9.17) is 11.6 Å². The maximum Gasteiger partial charge on any atom is 0.229 e. The number of nitrogens with zero attached hydrogens (tertiary/aromatic N) is 2. The molecule has 0 N–H and O–H groups in total. The number of unbranched alkanes of at least 4 members (excludes halogenated alkanes) is 5. The Bertz CT molecular complexity index is 640. The highest BCUT2D eigenvalue weighted by atomic mass is 35.5. The summed E-state index contributed by atoms with van der Waals surface area (Å²) in [6, 6.07) is 8.28. The van der Waals surface area contributed by atoms with Crippen LogP contribution < -0.4 is 0 Å². The fraction of sp³-hybridized carbons (Fsp3) is 0.652. The molecule has 5 heteroatoms. The summed E-state index contributed by atoms with van der Waals surface area (Å²) in [4.78, 5) is 27.1. The van der Waals surface area contributed by atoms with Gasteiger partial charge in [0.2, 0.25) is 11.8 Å². The lowest BCUT2D eigenvalue weighted by atomic mass is 9.89. The van der Waals surface area contributed by atoms with Crippen LogP contribution in [0.4, 0.5) is 0 Å². The minimum absolute atomic E-state index is 0.0170. The molecule has 0 saturated carbocycles. The fourth-order valence-electron chi connectivity index (χ4n) is 4.46. The molecule has 2 heterocycles. The van der Waals surface area contributed by atoms with E-state index in [-0.39, 0.29) is 11.8 Å². The molecule has 0 unspecified atom stereocenters. The number of likely N-dealkylation sites (tertiary alicyclic amines) is 2. The third kappa shape index (κ3) is 6.05. The molecule has 2 amide bonds. The summed E-state index contributed by atoms with van der Waals surface area (Å²) >= 11 is 6.35. The monoisotopic (exact) mass is 404 g/mol. The van der Waals surface area contributed by atoms with Crippen molar-refractivity contribution in [1.82, 2.24) is 9.80 Å². The Hall–Kier alpha value is -1.39. The first-order chi connectivity index (χ1) is 13.6. The summed E-state index contributed by atoms with van der Waals surface area (Å²) in [6.45, 7) is 4.17. The van der Waals surface area contributed by atoms with E-state index in [0.29, 0.717) is 25.3 Å². The van der Waals surface area contributed by atoms with Gasteiger partial charge < -0.3 is 4.90 Å². The molecule has 3 rings (SSSR count). The third-order valence-electron chi connectivity index (χ3n) is 6.19. The van der Waals surface area contributed by atoms with Gasteiger partial charge in [-0.05, 0) is 62.9 Å². The number of carbonyl (C=O) groups is 2. The number of benzene rings is 1. The van der Waals surface area contributed by atoms with Crippen LogP contribution in [0.2, 0.25) is 5.02 Å². The molecule has 0 aliphatic carbocycles. The Kier molecular flexibility index (Phi) is 8.35. The van der Waals surface area contributed by atoms with Crippen molar-refractivity contribution >= 4 is 23.4 Å². The van der Waals surface area contributed by atoms with Gasteiger partial charge in [0.15, 0.2) is 0 Å². The molecule has 0 radical (unpaired) electrons. The van der Waals surface area contributed by atoms with Crippen molar-refractivity contribution in [2.24, 2.45) is 0 Å². The van der Waals surface area contributed by atoms with Gasteiger partial charge in [-0.3, -0.25) is 14.5 Å². The molecule has 1 aromatic carbocycles. The van der Waals surface area contributed by atoms with Crippen LogP contribution in [0.5, 0.6) is 0 Å². The second kappa shape index (κ2) is 11.0. The van der Waals surface area contributed by atoms with Crippen molar-refractivity contribution in [3.63, 3.8) is 0 Å². The van der Waals surface area contributed by atoms with Crippen molar-refractivity contribution in [1.29, 1.82) is 0 Å². The van der Waals surface area contributed by atoms with Crippen LogP contribution in [0, 0.1) is 0 Å². The topological polar surface area (TPSA) is 40.6 Å². The number of amides is 2. The molecule has 1 aromatic rings. The molecular formula is C23H33ClN2O2. The average Bonchev–Trinajstić information content (AvgIpc) is 3.03. The Morgan fingerprint density at radius 1 is 0.821 bits per heavy atom. The Labute approximate surface area is 174 Å². The highest BCUT2D eigenvalue weighted by molar-refractivity contribution is 6.31. The smallest absolute Gasteiger partial charge is 0.229 e. The number of carbonyl (C=O) groups excluding carboxylic acids is 2. The van der Waals surface area contributed by atoms with Crippen molar-refractivity contribution in [2.45, 2.75) is 70.1 Å².